The van der Waals surface area contributed by atoms with Gasteiger partial charge in [0.15, 0.2) is 0 Å². The lowest BCUT2D eigenvalue weighted by Gasteiger charge is -2.38. The van der Waals surface area contributed by atoms with Gasteiger partial charge in [0.1, 0.15) is 6.17 Å². The van der Waals surface area contributed by atoms with Crippen LogP contribution in [0.25, 0.3) is 0 Å². The van der Waals surface area contributed by atoms with Gasteiger partial charge in [-0.3, -0.25) is 0 Å². The second kappa shape index (κ2) is 5.63. The lowest BCUT2D eigenvalue weighted by atomic mass is 9.70. The molecule has 6 unspecified atom stereocenters. The molecule has 0 bridgehead atoms. The van der Waals surface area contributed by atoms with Crippen molar-refractivity contribution in [2.24, 2.45) is 23.5 Å². The van der Waals surface area contributed by atoms with E-state index in [1.807, 2.05) is 0 Å². The molecule has 2 aliphatic rings. The quantitative estimate of drug-likeness (QED) is 0.787. The molecule has 17 heavy (non-hydrogen) atoms. The third-order valence-corrected chi connectivity index (χ3v) is 4.56. The fourth-order valence-corrected chi connectivity index (χ4v) is 3.69. The first-order valence-electron chi connectivity index (χ1n) is 6.75. The fraction of sp³-hybridized carbons (Fsp3) is 1.00. The monoisotopic (exact) mass is 244 g/mol. The molecule has 0 spiro atoms. The summed E-state index contributed by atoms with van der Waals surface area (Å²) in [4.78, 5) is 0. The fourth-order valence-electron chi connectivity index (χ4n) is 3.69. The van der Waals surface area contributed by atoms with E-state index in [1.165, 1.54) is 0 Å². The van der Waals surface area contributed by atoms with Crippen molar-refractivity contribution in [1.82, 2.24) is 5.32 Å². The van der Waals surface area contributed by atoms with E-state index in [1.54, 1.807) is 7.11 Å². The summed E-state index contributed by atoms with van der Waals surface area (Å²) < 4.78 is 18.9. The molecule has 1 heterocycles. The number of nitrogens with one attached hydrogen (secondary N) is 1. The maximum absolute atomic E-state index is 13.6. The normalized spacial score (nSPS) is 47.3. The Balaban J connectivity index is 2.06. The molecule has 1 aliphatic heterocycles. The maximum atomic E-state index is 13.6. The minimum absolute atomic E-state index is 0.161. The van der Waals surface area contributed by atoms with Gasteiger partial charge < -0.3 is 15.8 Å². The van der Waals surface area contributed by atoms with E-state index in [0.717, 1.165) is 13.0 Å². The summed E-state index contributed by atoms with van der Waals surface area (Å²) in [6.07, 6.45) is 1.45. The van der Waals surface area contributed by atoms with E-state index in [2.05, 4.69) is 12.2 Å². The molecule has 2 rings (SSSR count). The molecule has 0 aromatic carbocycles. The van der Waals surface area contributed by atoms with Gasteiger partial charge in [0.2, 0.25) is 0 Å². The standard InChI is InChI=1S/C13H25FN2O/c1-8-6-16-12(7-17-2)13(8)10-5-9(14)3-4-11(10)15/h8-13,16H,3-7,15H2,1-2H3. The molecule has 0 radical (unpaired) electrons. The molecule has 1 aliphatic carbocycles. The Morgan fingerprint density at radius 2 is 2.18 bits per heavy atom. The molecule has 0 aromatic rings. The first-order chi connectivity index (χ1) is 8.13. The van der Waals surface area contributed by atoms with E-state index in [4.69, 9.17) is 10.5 Å². The summed E-state index contributed by atoms with van der Waals surface area (Å²) in [6, 6.07) is 0.505. The molecule has 100 valence electrons. The van der Waals surface area contributed by atoms with Gasteiger partial charge >= 0.3 is 0 Å². The summed E-state index contributed by atoms with van der Waals surface area (Å²) in [5.41, 5.74) is 6.21. The predicted molar refractivity (Wildman–Crippen MR) is 66.5 cm³/mol. The maximum Gasteiger partial charge on any atom is 0.101 e. The van der Waals surface area contributed by atoms with Crippen LogP contribution in [0.5, 0.6) is 0 Å². The molecule has 4 heteroatoms. The number of halogens is 1. The lowest BCUT2D eigenvalue weighted by Crippen LogP contribution is -2.46. The molecule has 0 amide bonds. The van der Waals surface area contributed by atoms with Crippen molar-refractivity contribution in [2.45, 2.75) is 44.4 Å². The largest absolute Gasteiger partial charge is 0.383 e. The van der Waals surface area contributed by atoms with Crippen LogP contribution < -0.4 is 11.1 Å². The Bertz CT molecular complexity index is 250. The summed E-state index contributed by atoms with van der Waals surface area (Å²) >= 11 is 0. The number of methoxy groups -OCH3 is 1. The highest BCUT2D eigenvalue weighted by molar-refractivity contribution is 4.97. The SMILES string of the molecule is COCC1NCC(C)C1C1CC(F)CCC1N. The predicted octanol–water partition coefficient (Wildman–Crippen LogP) is 1.32. The number of ether oxygens (including phenoxy) is 1. The molecular formula is C13H25FN2O. The van der Waals surface area contributed by atoms with Gasteiger partial charge in [-0.15, -0.1) is 0 Å². The molecular weight excluding hydrogens is 219 g/mol. The third kappa shape index (κ3) is 2.80. The number of hydrogen-bond donors (Lipinski definition) is 2. The minimum Gasteiger partial charge on any atom is -0.383 e. The van der Waals surface area contributed by atoms with Gasteiger partial charge in [-0.05, 0) is 43.6 Å². The van der Waals surface area contributed by atoms with Gasteiger partial charge in [-0.25, -0.2) is 4.39 Å². The first-order valence-corrected chi connectivity index (χ1v) is 6.75. The highest BCUT2D eigenvalue weighted by Crippen LogP contribution is 2.38. The van der Waals surface area contributed by atoms with E-state index >= 15 is 0 Å². The average molecular weight is 244 g/mol. The van der Waals surface area contributed by atoms with Gasteiger partial charge in [0, 0.05) is 19.2 Å². The third-order valence-electron chi connectivity index (χ3n) is 4.56. The molecule has 3 nitrogen and oxygen atoms in total. The summed E-state index contributed by atoms with van der Waals surface area (Å²) in [6.45, 7) is 3.94. The van der Waals surface area contributed by atoms with Gasteiger partial charge in [0.05, 0.1) is 6.61 Å². The zero-order chi connectivity index (χ0) is 12.4. The van der Waals surface area contributed by atoms with Crippen molar-refractivity contribution in [1.29, 1.82) is 0 Å². The average Bonchev–Trinajstić information content (AvgIpc) is 2.64. The Labute approximate surface area is 103 Å². The molecule has 0 aromatic heterocycles. The van der Waals surface area contributed by atoms with E-state index in [9.17, 15) is 4.39 Å². The Hall–Kier alpha value is -0.190. The van der Waals surface area contributed by atoms with Crippen molar-refractivity contribution >= 4 is 0 Å². The zero-order valence-electron chi connectivity index (χ0n) is 10.9. The van der Waals surface area contributed by atoms with Gasteiger partial charge in [0.25, 0.3) is 0 Å². The van der Waals surface area contributed by atoms with Gasteiger partial charge in [-0.2, -0.15) is 0 Å². The van der Waals surface area contributed by atoms with Crippen molar-refractivity contribution in [2.75, 3.05) is 20.3 Å². The summed E-state index contributed by atoms with van der Waals surface area (Å²) in [7, 11) is 1.72. The van der Waals surface area contributed by atoms with Crippen LogP contribution in [0.1, 0.15) is 26.2 Å². The molecule has 1 saturated carbocycles. The van der Waals surface area contributed by atoms with Gasteiger partial charge in [-0.1, -0.05) is 6.92 Å². The highest BCUT2D eigenvalue weighted by Gasteiger charge is 2.43. The number of alkyl halides is 1. The van der Waals surface area contributed by atoms with E-state index in [-0.39, 0.29) is 6.04 Å². The molecule has 1 saturated heterocycles. The molecule has 3 N–H and O–H groups in total. The minimum atomic E-state index is -0.657. The number of nitrogens with two attached hydrogens (primary N) is 1. The topological polar surface area (TPSA) is 47.3 Å². The smallest absolute Gasteiger partial charge is 0.101 e. The summed E-state index contributed by atoms with van der Waals surface area (Å²) in [5.74, 6) is 1.34. The molecule has 2 fully saturated rings. The number of hydrogen-bond acceptors (Lipinski definition) is 3. The van der Waals surface area contributed by atoms with Crippen LogP contribution in [0.4, 0.5) is 4.39 Å². The van der Waals surface area contributed by atoms with Crippen molar-refractivity contribution in [3.8, 4) is 0 Å². The van der Waals surface area contributed by atoms with Crippen LogP contribution in [0.15, 0.2) is 0 Å². The van der Waals surface area contributed by atoms with Crippen LogP contribution in [0, 0.1) is 17.8 Å². The molecule has 6 atom stereocenters. The van der Waals surface area contributed by atoms with Crippen molar-refractivity contribution in [3.05, 3.63) is 0 Å². The second-order valence-corrected chi connectivity index (χ2v) is 5.76. The highest BCUT2D eigenvalue weighted by atomic mass is 19.1. The first kappa shape index (κ1) is 13.2. The number of rotatable bonds is 3. The van der Waals surface area contributed by atoms with E-state index < -0.39 is 6.17 Å². The Morgan fingerprint density at radius 3 is 2.88 bits per heavy atom. The van der Waals surface area contributed by atoms with Crippen LogP contribution in [0.2, 0.25) is 0 Å². The zero-order valence-corrected chi connectivity index (χ0v) is 10.9. The Kier molecular flexibility index (Phi) is 4.39. The Morgan fingerprint density at radius 1 is 1.41 bits per heavy atom. The van der Waals surface area contributed by atoms with Crippen LogP contribution in [-0.4, -0.2) is 38.5 Å². The van der Waals surface area contributed by atoms with E-state index in [0.29, 0.717) is 43.2 Å². The van der Waals surface area contributed by atoms with Crippen molar-refractivity contribution in [3.63, 3.8) is 0 Å². The van der Waals surface area contributed by atoms with Crippen LogP contribution >= 0.6 is 0 Å². The lowest BCUT2D eigenvalue weighted by molar-refractivity contribution is 0.0804. The van der Waals surface area contributed by atoms with Crippen molar-refractivity contribution < 1.29 is 9.13 Å². The van der Waals surface area contributed by atoms with Crippen LogP contribution in [0.3, 0.4) is 0 Å². The summed E-state index contributed by atoms with van der Waals surface area (Å²) in [5, 5.41) is 3.49. The second-order valence-electron chi connectivity index (χ2n) is 5.76. The van der Waals surface area contributed by atoms with Crippen LogP contribution in [-0.2, 0) is 4.74 Å².